The molecule has 0 unspecified atom stereocenters. The highest BCUT2D eigenvalue weighted by Gasteiger charge is 2.10. The van der Waals surface area contributed by atoms with Gasteiger partial charge in [0.15, 0.2) is 5.82 Å². The predicted molar refractivity (Wildman–Crippen MR) is 89.2 cm³/mol. The van der Waals surface area contributed by atoms with Crippen LogP contribution >= 0.6 is 0 Å². The maximum absolute atomic E-state index is 5.64. The van der Waals surface area contributed by atoms with Crippen LogP contribution in [0.5, 0.6) is 0 Å². The Bertz CT molecular complexity index is 655. The third-order valence-corrected chi connectivity index (χ3v) is 3.43. The van der Waals surface area contributed by atoms with Crippen LogP contribution in [0.25, 0.3) is 0 Å². The number of hydrogen-bond acceptors (Lipinski definition) is 4. The molecule has 0 bridgehead atoms. The molecule has 0 saturated heterocycles. The highest BCUT2D eigenvalue weighted by molar-refractivity contribution is 5.43. The molecular formula is C18H18N4. The van der Waals surface area contributed by atoms with Crippen LogP contribution in [0.15, 0.2) is 72.8 Å². The molecule has 0 atom stereocenters. The topological polar surface area (TPSA) is 55.0 Å². The van der Waals surface area contributed by atoms with Gasteiger partial charge in [-0.2, -0.15) is 0 Å². The van der Waals surface area contributed by atoms with E-state index in [2.05, 4.69) is 39.4 Å². The Hall–Kier alpha value is -2.88. The van der Waals surface area contributed by atoms with Crippen molar-refractivity contribution in [3.63, 3.8) is 0 Å². The van der Waals surface area contributed by atoms with Crippen molar-refractivity contribution in [2.24, 2.45) is 0 Å². The summed E-state index contributed by atoms with van der Waals surface area (Å²) in [5, 5.41) is 8.19. The number of nitrogen functional groups attached to an aromatic ring is 1. The maximum atomic E-state index is 5.64. The van der Waals surface area contributed by atoms with Gasteiger partial charge < -0.3 is 10.6 Å². The standard InChI is InChI=1S/C18H18N4/c19-17-11-12-18(21-20-17)22(13-15-7-3-1-4-8-15)14-16-9-5-2-6-10-16/h1-12H,13-14H2,(H2,19,20). The van der Waals surface area contributed by atoms with Gasteiger partial charge in [0.2, 0.25) is 0 Å². The predicted octanol–water partition coefficient (Wildman–Crippen LogP) is 3.27. The second-order valence-electron chi connectivity index (χ2n) is 5.14. The van der Waals surface area contributed by atoms with E-state index in [9.17, 15) is 0 Å². The third-order valence-electron chi connectivity index (χ3n) is 3.43. The molecule has 4 nitrogen and oxygen atoms in total. The van der Waals surface area contributed by atoms with Crippen molar-refractivity contribution >= 4 is 11.6 Å². The van der Waals surface area contributed by atoms with E-state index in [-0.39, 0.29) is 0 Å². The fraction of sp³-hybridized carbons (Fsp3) is 0.111. The normalized spacial score (nSPS) is 10.4. The van der Waals surface area contributed by atoms with E-state index in [4.69, 9.17) is 5.73 Å². The van der Waals surface area contributed by atoms with E-state index < -0.39 is 0 Å². The summed E-state index contributed by atoms with van der Waals surface area (Å²) >= 11 is 0. The van der Waals surface area contributed by atoms with Crippen LogP contribution in [0, 0.1) is 0 Å². The van der Waals surface area contributed by atoms with E-state index in [1.54, 1.807) is 6.07 Å². The van der Waals surface area contributed by atoms with Gasteiger partial charge in [-0.1, -0.05) is 60.7 Å². The summed E-state index contributed by atoms with van der Waals surface area (Å²) in [4.78, 5) is 2.19. The van der Waals surface area contributed by atoms with Crippen LogP contribution in [0.3, 0.4) is 0 Å². The molecule has 110 valence electrons. The molecule has 0 aliphatic carbocycles. The van der Waals surface area contributed by atoms with Gasteiger partial charge in [-0.25, -0.2) is 0 Å². The molecule has 1 heterocycles. The zero-order valence-corrected chi connectivity index (χ0v) is 12.3. The summed E-state index contributed by atoms with van der Waals surface area (Å²) in [5.41, 5.74) is 8.11. The monoisotopic (exact) mass is 290 g/mol. The van der Waals surface area contributed by atoms with Crippen molar-refractivity contribution in [2.75, 3.05) is 10.6 Å². The van der Waals surface area contributed by atoms with Gasteiger partial charge in [0.05, 0.1) is 0 Å². The number of hydrogen-bond donors (Lipinski definition) is 1. The lowest BCUT2D eigenvalue weighted by Crippen LogP contribution is -2.23. The highest BCUT2D eigenvalue weighted by Crippen LogP contribution is 2.17. The average molecular weight is 290 g/mol. The Morgan fingerprint density at radius 1 is 0.682 bits per heavy atom. The van der Waals surface area contributed by atoms with Crippen molar-refractivity contribution in [2.45, 2.75) is 13.1 Å². The van der Waals surface area contributed by atoms with Gasteiger partial charge in [0.25, 0.3) is 0 Å². The number of nitrogens with zero attached hydrogens (tertiary/aromatic N) is 3. The molecule has 3 aromatic rings. The Balaban J connectivity index is 1.86. The highest BCUT2D eigenvalue weighted by atomic mass is 15.3. The largest absolute Gasteiger partial charge is 0.382 e. The van der Waals surface area contributed by atoms with E-state index >= 15 is 0 Å². The second-order valence-corrected chi connectivity index (χ2v) is 5.14. The van der Waals surface area contributed by atoms with Crippen LogP contribution in [-0.2, 0) is 13.1 Å². The summed E-state index contributed by atoms with van der Waals surface area (Å²) in [6.07, 6.45) is 0. The lowest BCUT2D eigenvalue weighted by molar-refractivity contribution is 0.770. The van der Waals surface area contributed by atoms with Crippen LogP contribution in [0.2, 0.25) is 0 Å². The molecule has 0 fully saturated rings. The average Bonchev–Trinajstić information content (AvgIpc) is 2.57. The zero-order valence-electron chi connectivity index (χ0n) is 12.3. The first kappa shape index (κ1) is 14.1. The maximum Gasteiger partial charge on any atom is 0.151 e. The van der Waals surface area contributed by atoms with Gasteiger partial charge in [-0.05, 0) is 23.3 Å². The SMILES string of the molecule is Nc1ccc(N(Cc2ccccc2)Cc2ccccc2)nn1. The summed E-state index contributed by atoms with van der Waals surface area (Å²) in [7, 11) is 0. The second kappa shape index (κ2) is 6.72. The van der Waals surface area contributed by atoms with Gasteiger partial charge in [0.1, 0.15) is 5.82 Å². The Morgan fingerprint density at radius 2 is 1.23 bits per heavy atom. The molecule has 2 aromatic carbocycles. The third kappa shape index (κ3) is 3.61. The molecule has 22 heavy (non-hydrogen) atoms. The first-order valence-corrected chi connectivity index (χ1v) is 7.23. The van der Waals surface area contributed by atoms with Gasteiger partial charge in [-0.15, -0.1) is 10.2 Å². The Labute approximate surface area is 130 Å². The lowest BCUT2D eigenvalue weighted by atomic mass is 10.1. The summed E-state index contributed by atoms with van der Waals surface area (Å²) in [6.45, 7) is 1.54. The van der Waals surface area contributed by atoms with Crippen LogP contribution in [0.1, 0.15) is 11.1 Å². The number of aromatic nitrogens is 2. The fourth-order valence-corrected chi connectivity index (χ4v) is 2.33. The summed E-state index contributed by atoms with van der Waals surface area (Å²) in [6, 6.07) is 24.4. The molecule has 0 aliphatic heterocycles. The molecular weight excluding hydrogens is 272 g/mol. The van der Waals surface area contributed by atoms with Crippen molar-refractivity contribution in [3.05, 3.63) is 83.9 Å². The van der Waals surface area contributed by atoms with Gasteiger partial charge in [-0.3, -0.25) is 0 Å². The molecule has 0 saturated carbocycles. The number of anilines is 2. The van der Waals surface area contributed by atoms with E-state index in [0.717, 1.165) is 18.9 Å². The van der Waals surface area contributed by atoms with Crippen LogP contribution < -0.4 is 10.6 Å². The van der Waals surface area contributed by atoms with Gasteiger partial charge in [0, 0.05) is 13.1 Å². The van der Waals surface area contributed by atoms with Crippen LogP contribution in [0.4, 0.5) is 11.6 Å². The first-order valence-electron chi connectivity index (χ1n) is 7.23. The zero-order chi connectivity index (χ0) is 15.2. The number of nitrogens with two attached hydrogens (primary N) is 1. The van der Waals surface area contributed by atoms with Crippen molar-refractivity contribution < 1.29 is 0 Å². The minimum absolute atomic E-state index is 0.433. The minimum atomic E-state index is 0.433. The van der Waals surface area contributed by atoms with Crippen molar-refractivity contribution in [1.29, 1.82) is 0 Å². The fourth-order valence-electron chi connectivity index (χ4n) is 2.33. The molecule has 0 amide bonds. The minimum Gasteiger partial charge on any atom is -0.382 e. The van der Waals surface area contributed by atoms with E-state index in [1.165, 1.54) is 11.1 Å². The molecule has 4 heteroatoms. The molecule has 0 radical (unpaired) electrons. The van der Waals surface area contributed by atoms with Crippen molar-refractivity contribution in [1.82, 2.24) is 10.2 Å². The molecule has 0 aliphatic rings. The number of rotatable bonds is 5. The Kier molecular flexibility index (Phi) is 4.30. The number of benzene rings is 2. The van der Waals surface area contributed by atoms with Gasteiger partial charge >= 0.3 is 0 Å². The molecule has 1 aromatic heterocycles. The first-order chi connectivity index (χ1) is 10.8. The lowest BCUT2D eigenvalue weighted by Gasteiger charge is -2.23. The summed E-state index contributed by atoms with van der Waals surface area (Å²) in [5.74, 6) is 1.25. The summed E-state index contributed by atoms with van der Waals surface area (Å²) < 4.78 is 0. The molecule has 3 rings (SSSR count). The quantitative estimate of drug-likeness (QED) is 0.783. The van der Waals surface area contributed by atoms with Crippen molar-refractivity contribution in [3.8, 4) is 0 Å². The van der Waals surface area contributed by atoms with E-state index in [0.29, 0.717) is 5.82 Å². The smallest absolute Gasteiger partial charge is 0.151 e. The Morgan fingerprint density at radius 3 is 1.68 bits per heavy atom. The molecule has 2 N–H and O–H groups in total. The van der Waals surface area contributed by atoms with Crippen LogP contribution in [-0.4, -0.2) is 10.2 Å². The molecule has 0 spiro atoms. The van der Waals surface area contributed by atoms with E-state index in [1.807, 2.05) is 42.5 Å².